The van der Waals surface area contributed by atoms with Crippen LogP contribution in [0.1, 0.15) is 23.7 Å². The number of nitrogens with zero attached hydrogens (tertiary/aromatic N) is 4. The Balaban J connectivity index is 2.54. The number of halogens is 2. The molecule has 1 aromatic heterocycles. The highest BCUT2D eigenvalue weighted by molar-refractivity contribution is 6.03. The number of hydrogen-bond donors (Lipinski definition) is 0. The molecule has 6 nitrogen and oxygen atoms in total. The molecular weight excluding hydrogens is 426 g/mol. The molecule has 0 fully saturated rings. The first kappa shape index (κ1) is 23.1. The normalized spacial score (nSPS) is 13.4. The van der Waals surface area contributed by atoms with Crippen LogP contribution in [0.4, 0.5) is 8.78 Å². The van der Waals surface area contributed by atoms with E-state index in [-0.39, 0.29) is 34.8 Å². The third-order valence-electron chi connectivity index (χ3n) is 4.83. The van der Waals surface area contributed by atoms with E-state index in [4.69, 9.17) is 4.74 Å². The summed E-state index contributed by atoms with van der Waals surface area (Å²) in [6, 6.07) is 7.32. The Hall–Kier alpha value is -4.56. The summed E-state index contributed by atoms with van der Waals surface area (Å²) in [6.07, 6.45) is 4.32. The van der Waals surface area contributed by atoms with E-state index in [0.29, 0.717) is 23.3 Å². The van der Waals surface area contributed by atoms with Crippen molar-refractivity contribution in [3.8, 4) is 29.0 Å². The molecule has 0 saturated heterocycles. The lowest BCUT2D eigenvalue weighted by Gasteiger charge is -2.25. The number of aromatic nitrogens is 1. The molecule has 0 spiro atoms. The van der Waals surface area contributed by atoms with Gasteiger partial charge in [0, 0.05) is 42.1 Å². The molecule has 1 aliphatic rings. The maximum absolute atomic E-state index is 14.4. The van der Waals surface area contributed by atoms with E-state index in [2.05, 4.69) is 28.5 Å². The molecule has 0 atom stereocenters. The molecule has 1 aliphatic heterocycles. The van der Waals surface area contributed by atoms with Crippen LogP contribution in [0.2, 0.25) is 0 Å². The Kier molecular flexibility index (Phi) is 7.12. The van der Waals surface area contributed by atoms with Crippen LogP contribution in [-0.4, -0.2) is 24.5 Å². The van der Waals surface area contributed by atoms with E-state index in [0.717, 1.165) is 12.1 Å². The molecule has 2 heterocycles. The fourth-order valence-corrected chi connectivity index (χ4v) is 3.46. The van der Waals surface area contributed by atoms with Gasteiger partial charge in [-0.1, -0.05) is 18.1 Å². The zero-order valence-corrected chi connectivity index (χ0v) is 17.9. The predicted octanol–water partition coefficient (Wildman–Crippen LogP) is 4.47. The summed E-state index contributed by atoms with van der Waals surface area (Å²) in [5.74, 6) is 4.86. The lowest BCUT2D eigenvalue weighted by Crippen LogP contribution is -2.28. The number of pyridine rings is 1. The molecule has 0 amide bonds. The van der Waals surface area contributed by atoms with Crippen LogP contribution < -0.4 is 5.56 Å². The highest BCUT2D eigenvalue weighted by Crippen LogP contribution is 2.34. The third-order valence-corrected chi connectivity index (χ3v) is 4.83. The minimum atomic E-state index is -0.761. The maximum atomic E-state index is 14.4. The monoisotopic (exact) mass is 444 g/mol. The number of rotatable bonds is 5. The molecule has 0 unspecified atom stereocenters. The summed E-state index contributed by atoms with van der Waals surface area (Å²) in [5.41, 5.74) is 0.620. The van der Waals surface area contributed by atoms with Crippen LogP contribution in [0.3, 0.4) is 0 Å². The number of aliphatic imine (C=N–C) groups is 2. The van der Waals surface area contributed by atoms with Crippen LogP contribution in [0.15, 0.2) is 63.3 Å². The van der Waals surface area contributed by atoms with Crippen molar-refractivity contribution in [1.82, 2.24) is 4.57 Å². The molecule has 164 valence electrons. The highest BCUT2D eigenvalue weighted by atomic mass is 19.1. The molecule has 0 radical (unpaired) electrons. The van der Waals surface area contributed by atoms with Crippen LogP contribution in [-0.2, 0) is 11.3 Å². The minimum absolute atomic E-state index is 0.0382. The average Bonchev–Trinajstić information content (AvgIpc) is 2.81. The van der Waals surface area contributed by atoms with Gasteiger partial charge in [0.25, 0.3) is 5.56 Å². The van der Waals surface area contributed by atoms with Crippen molar-refractivity contribution in [1.29, 1.82) is 5.26 Å². The lowest BCUT2D eigenvalue weighted by atomic mass is 9.96. The van der Waals surface area contributed by atoms with Gasteiger partial charge in [0.05, 0.1) is 23.3 Å². The Labute approximate surface area is 189 Å². The van der Waals surface area contributed by atoms with Gasteiger partial charge in [0.15, 0.2) is 0 Å². The minimum Gasteiger partial charge on any atom is -0.485 e. The van der Waals surface area contributed by atoms with Gasteiger partial charge in [-0.05, 0) is 25.8 Å². The van der Waals surface area contributed by atoms with Crippen molar-refractivity contribution in [3.63, 3.8) is 0 Å². The molecule has 0 saturated carbocycles. The summed E-state index contributed by atoms with van der Waals surface area (Å²) in [7, 11) is 1.53. The molecule has 8 heteroatoms. The standard InChI is InChI=1S/C25H18F2N4O2/c1-4-5-7-16(14-29-2)31-22-15-33-23(10-11-26)24(30-3)19(22)12-18(25(31)32)17-8-6-9-21(27)20(17)13-28/h6-12,14H,3,15H2,1-2H3/b11-10+,16-7+,29-14-. The molecule has 1 aromatic carbocycles. The van der Waals surface area contributed by atoms with Crippen molar-refractivity contribution < 1.29 is 13.5 Å². The van der Waals surface area contributed by atoms with Gasteiger partial charge in [-0.3, -0.25) is 19.3 Å². The van der Waals surface area contributed by atoms with Gasteiger partial charge in [-0.25, -0.2) is 8.78 Å². The zero-order chi connectivity index (χ0) is 24.0. The second-order valence-corrected chi connectivity index (χ2v) is 6.64. The first-order chi connectivity index (χ1) is 16.0. The summed E-state index contributed by atoms with van der Waals surface area (Å²) < 4.78 is 34.2. The number of fused-ring (bicyclic) bond motifs is 1. The number of benzene rings is 1. The molecule has 0 bridgehead atoms. The lowest BCUT2D eigenvalue weighted by molar-refractivity contribution is 0.200. The van der Waals surface area contributed by atoms with Crippen LogP contribution >= 0.6 is 0 Å². The van der Waals surface area contributed by atoms with Gasteiger partial charge >= 0.3 is 0 Å². The number of nitriles is 1. The smallest absolute Gasteiger partial charge is 0.263 e. The SMILES string of the molecule is C=NC1=C(/C=C/F)OCc2c1cc(-c1cccc(F)c1C#N)c(=O)n2C(/C=N\C)=C/C#CC. The van der Waals surface area contributed by atoms with Gasteiger partial charge in [-0.15, -0.1) is 5.92 Å². The van der Waals surface area contributed by atoms with E-state index in [1.165, 1.54) is 42.1 Å². The predicted molar refractivity (Wildman–Crippen MR) is 124 cm³/mol. The summed E-state index contributed by atoms with van der Waals surface area (Å²) in [5, 5.41) is 9.52. The zero-order valence-electron chi connectivity index (χ0n) is 17.9. The fourth-order valence-electron chi connectivity index (χ4n) is 3.46. The van der Waals surface area contributed by atoms with E-state index in [1.54, 1.807) is 6.92 Å². The van der Waals surface area contributed by atoms with Gasteiger partial charge in [0.1, 0.15) is 29.9 Å². The number of hydrogen-bond acceptors (Lipinski definition) is 5. The molecular formula is C25H18F2N4O2. The van der Waals surface area contributed by atoms with Crippen LogP contribution in [0.5, 0.6) is 0 Å². The first-order valence-electron chi connectivity index (χ1n) is 9.66. The summed E-state index contributed by atoms with van der Waals surface area (Å²) >= 11 is 0. The second-order valence-electron chi connectivity index (χ2n) is 6.64. The van der Waals surface area contributed by atoms with Crippen molar-refractivity contribution in [2.24, 2.45) is 9.98 Å². The largest absolute Gasteiger partial charge is 0.485 e. The van der Waals surface area contributed by atoms with Crippen molar-refractivity contribution in [2.45, 2.75) is 13.5 Å². The number of allylic oxidation sites excluding steroid dienone is 3. The van der Waals surface area contributed by atoms with Crippen molar-refractivity contribution in [3.05, 3.63) is 81.5 Å². The number of ether oxygens (including phenoxy) is 1. The highest BCUT2D eigenvalue weighted by Gasteiger charge is 2.27. The van der Waals surface area contributed by atoms with E-state index in [1.807, 2.05) is 6.07 Å². The van der Waals surface area contributed by atoms with E-state index in [9.17, 15) is 18.8 Å². The van der Waals surface area contributed by atoms with E-state index < -0.39 is 11.4 Å². The second kappa shape index (κ2) is 10.2. The topological polar surface area (TPSA) is 79.7 Å². The average molecular weight is 444 g/mol. The third kappa shape index (κ3) is 4.28. The Morgan fingerprint density at radius 1 is 1.33 bits per heavy atom. The fraction of sp³-hybridized carbons (Fsp3) is 0.120. The van der Waals surface area contributed by atoms with Crippen molar-refractivity contribution in [2.75, 3.05) is 7.05 Å². The quantitative estimate of drug-likeness (QED) is 0.504. The molecule has 3 rings (SSSR count). The van der Waals surface area contributed by atoms with Crippen LogP contribution in [0, 0.1) is 29.0 Å². The van der Waals surface area contributed by atoms with Gasteiger partial charge in [-0.2, -0.15) is 5.26 Å². The Morgan fingerprint density at radius 3 is 2.76 bits per heavy atom. The Morgan fingerprint density at radius 2 is 2.12 bits per heavy atom. The van der Waals surface area contributed by atoms with Gasteiger partial charge in [0.2, 0.25) is 0 Å². The van der Waals surface area contributed by atoms with Gasteiger partial charge < -0.3 is 4.74 Å². The molecule has 2 aromatic rings. The maximum Gasteiger partial charge on any atom is 0.263 e. The molecule has 33 heavy (non-hydrogen) atoms. The summed E-state index contributed by atoms with van der Waals surface area (Å²) in [4.78, 5) is 21.7. The molecule has 0 aliphatic carbocycles. The van der Waals surface area contributed by atoms with Crippen LogP contribution in [0.25, 0.3) is 22.5 Å². The summed E-state index contributed by atoms with van der Waals surface area (Å²) in [6.45, 7) is 5.09. The molecule has 0 N–H and O–H groups in total. The Bertz CT molecular complexity index is 1410. The van der Waals surface area contributed by atoms with Crippen molar-refractivity contribution >= 4 is 24.3 Å². The van der Waals surface area contributed by atoms with E-state index >= 15 is 0 Å². The first-order valence-corrected chi connectivity index (χ1v) is 9.66.